The number of fused-ring (bicyclic) bond motifs is 1. The SMILES string of the molecule is Brc1ccc(NCc2cc3ccccc3o2)c(Br)c1. The highest BCUT2D eigenvalue weighted by Gasteiger charge is 2.04. The van der Waals surface area contributed by atoms with Gasteiger partial charge in [-0.25, -0.2) is 0 Å². The molecule has 0 saturated carbocycles. The van der Waals surface area contributed by atoms with Gasteiger partial charge in [0.05, 0.1) is 6.54 Å². The van der Waals surface area contributed by atoms with E-state index in [1.165, 1.54) is 0 Å². The van der Waals surface area contributed by atoms with Gasteiger partial charge in [-0.3, -0.25) is 0 Å². The van der Waals surface area contributed by atoms with Crippen LogP contribution in [0.15, 0.2) is 61.9 Å². The summed E-state index contributed by atoms with van der Waals surface area (Å²) in [6, 6.07) is 16.1. The number of furan rings is 1. The van der Waals surface area contributed by atoms with Crippen LogP contribution < -0.4 is 5.32 Å². The molecule has 0 aliphatic rings. The average Bonchev–Trinajstić information content (AvgIpc) is 2.80. The molecule has 0 saturated heterocycles. The van der Waals surface area contributed by atoms with Crippen molar-refractivity contribution in [2.45, 2.75) is 6.54 Å². The molecule has 0 bridgehead atoms. The molecule has 2 nitrogen and oxygen atoms in total. The van der Waals surface area contributed by atoms with Gasteiger partial charge in [0, 0.05) is 20.0 Å². The molecular formula is C15H11Br2NO. The van der Waals surface area contributed by atoms with E-state index in [1.54, 1.807) is 0 Å². The standard InChI is InChI=1S/C15H11Br2NO/c16-11-5-6-14(13(17)8-11)18-9-12-7-10-3-1-2-4-15(10)19-12/h1-8,18H,9H2. The van der Waals surface area contributed by atoms with Gasteiger partial charge in [-0.2, -0.15) is 0 Å². The van der Waals surface area contributed by atoms with E-state index in [4.69, 9.17) is 4.42 Å². The highest BCUT2D eigenvalue weighted by molar-refractivity contribution is 9.11. The number of nitrogens with one attached hydrogen (secondary N) is 1. The molecule has 3 aromatic rings. The fraction of sp³-hybridized carbons (Fsp3) is 0.0667. The lowest BCUT2D eigenvalue weighted by atomic mass is 10.2. The first-order chi connectivity index (χ1) is 9.22. The Balaban J connectivity index is 1.78. The lowest BCUT2D eigenvalue weighted by molar-refractivity contribution is 0.559. The smallest absolute Gasteiger partial charge is 0.134 e. The molecule has 1 aromatic heterocycles. The van der Waals surface area contributed by atoms with Crippen LogP contribution in [0.3, 0.4) is 0 Å². The molecule has 0 radical (unpaired) electrons. The molecule has 0 atom stereocenters. The molecule has 0 amide bonds. The van der Waals surface area contributed by atoms with E-state index < -0.39 is 0 Å². The maximum atomic E-state index is 5.77. The number of rotatable bonds is 3. The van der Waals surface area contributed by atoms with Gasteiger partial charge in [-0.1, -0.05) is 34.1 Å². The number of anilines is 1. The third kappa shape index (κ3) is 2.85. The molecule has 0 unspecified atom stereocenters. The molecule has 4 heteroatoms. The summed E-state index contributed by atoms with van der Waals surface area (Å²) in [6.07, 6.45) is 0. The Kier molecular flexibility index (Phi) is 3.62. The van der Waals surface area contributed by atoms with Crippen LogP contribution in [0.25, 0.3) is 11.0 Å². The predicted octanol–water partition coefficient (Wildman–Crippen LogP) is 5.57. The molecule has 1 N–H and O–H groups in total. The monoisotopic (exact) mass is 379 g/mol. The van der Waals surface area contributed by atoms with Gasteiger partial charge in [0.15, 0.2) is 0 Å². The van der Waals surface area contributed by atoms with E-state index in [-0.39, 0.29) is 0 Å². The van der Waals surface area contributed by atoms with Crippen LogP contribution in [0.2, 0.25) is 0 Å². The first-order valence-electron chi connectivity index (χ1n) is 5.89. The average molecular weight is 381 g/mol. The van der Waals surface area contributed by atoms with Gasteiger partial charge in [-0.15, -0.1) is 0 Å². The second-order valence-electron chi connectivity index (χ2n) is 4.23. The molecule has 1 heterocycles. The van der Waals surface area contributed by atoms with Gasteiger partial charge in [-0.05, 0) is 46.3 Å². The lowest BCUT2D eigenvalue weighted by Crippen LogP contribution is -1.98. The summed E-state index contributed by atoms with van der Waals surface area (Å²) in [5.74, 6) is 0.927. The summed E-state index contributed by atoms with van der Waals surface area (Å²) in [6.45, 7) is 0.662. The fourth-order valence-electron chi connectivity index (χ4n) is 1.94. The number of hydrogen-bond donors (Lipinski definition) is 1. The second kappa shape index (κ2) is 5.39. The van der Waals surface area contributed by atoms with E-state index in [0.717, 1.165) is 31.4 Å². The second-order valence-corrected chi connectivity index (χ2v) is 6.00. The Labute approximate surface area is 128 Å². The zero-order chi connectivity index (χ0) is 13.2. The number of benzene rings is 2. The van der Waals surface area contributed by atoms with E-state index in [0.29, 0.717) is 6.54 Å². The summed E-state index contributed by atoms with van der Waals surface area (Å²) in [7, 11) is 0. The van der Waals surface area contributed by atoms with Crippen LogP contribution in [0.4, 0.5) is 5.69 Å². The number of hydrogen-bond acceptors (Lipinski definition) is 2. The normalized spacial score (nSPS) is 10.8. The first-order valence-corrected chi connectivity index (χ1v) is 7.47. The van der Waals surface area contributed by atoms with Crippen LogP contribution in [0.1, 0.15) is 5.76 Å². The fourth-order valence-corrected chi connectivity index (χ4v) is 3.13. The highest BCUT2D eigenvalue weighted by Crippen LogP contribution is 2.27. The third-order valence-electron chi connectivity index (χ3n) is 2.86. The maximum absolute atomic E-state index is 5.77. The Morgan fingerprint density at radius 1 is 1.00 bits per heavy atom. The van der Waals surface area contributed by atoms with Crippen molar-refractivity contribution in [1.82, 2.24) is 0 Å². The van der Waals surface area contributed by atoms with Crippen molar-refractivity contribution in [2.24, 2.45) is 0 Å². The number of halogens is 2. The molecular weight excluding hydrogens is 370 g/mol. The Morgan fingerprint density at radius 3 is 2.63 bits per heavy atom. The molecule has 19 heavy (non-hydrogen) atoms. The van der Waals surface area contributed by atoms with Gasteiger partial charge in [0.2, 0.25) is 0 Å². The Bertz CT molecular complexity index is 688. The van der Waals surface area contributed by atoms with Crippen molar-refractivity contribution < 1.29 is 4.42 Å². The predicted molar refractivity (Wildman–Crippen MR) is 85.4 cm³/mol. The zero-order valence-corrected chi connectivity index (χ0v) is 13.2. The molecule has 0 spiro atoms. The summed E-state index contributed by atoms with van der Waals surface area (Å²) in [5, 5.41) is 4.49. The van der Waals surface area contributed by atoms with Crippen LogP contribution in [-0.4, -0.2) is 0 Å². The van der Waals surface area contributed by atoms with Crippen LogP contribution in [0.5, 0.6) is 0 Å². The largest absolute Gasteiger partial charge is 0.459 e. The van der Waals surface area contributed by atoms with Crippen LogP contribution in [0, 0.1) is 0 Å². The molecule has 0 aliphatic heterocycles. The van der Waals surface area contributed by atoms with E-state index in [9.17, 15) is 0 Å². The van der Waals surface area contributed by atoms with E-state index in [2.05, 4.69) is 49.3 Å². The van der Waals surface area contributed by atoms with Crippen molar-refractivity contribution in [1.29, 1.82) is 0 Å². The summed E-state index contributed by atoms with van der Waals surface area (Å²) < 4.78 is 7.84. The van der Waals surface area contributed by atoms with Crippen molar-refractivity contribution in [3.8, 4) is 0 Å². The summed E-state index contributed by atoms with van der Waals surface area (Å²) in [4.78, 5) is 0. The van der Waals surface area contributed by atoms with E-state index in [1.807, 2.05) is 36.4 Å². The maximum Gasteiger partial charge on any atom is 0.134 e. The molecule has 0 fully saturated rings. The van der Waals surface area contributed by atoms with Gasteiger partial charge < -0.3 is 9.73 Å². The van der Waals surface area contributed by atoms with Gasteiger partial charge in [0.25, 0.3) is 0 Å². The van der Waals surface area contributed by atoms with Crippen molar-refractivity contribution in [3.63, 3.8) is 0 Å². The molecule has 2 aromatic carbocycles. The van der Waals surface area contributed by atoms with Crippen molar-refractivity contribution >= 4 is 48.5 Å². The van der Waals surface area contributed by atoms with Gasteiger partial charge >= 0.3 is 0 Å². The topological polar surface area (TPSA) is 25.2 Å². The minimum absolute atomic E-state index is 0.662. The minimum Gasteiger partial charge on any atom is -0.459 e. The summed E-state index contributed by atoms with van der Waals surface area (Å²) >= 11 is 6.97. The van der Waals surface area contributed by atoms with Gasteiger partial charge in [0.1, 0.15) is 11.3 Å². The minimum atomic E-state index is 0.662. The Morgan fingerprint density at radius 2 is 1.84 bits per heavy atom. The lowest BCUT2D eigenvalue weighted by Gasteiger charge is -2.07. The van der Waals surface area contributed by atoms with E-state index >= 15 is 0 Å². The molecule has 0 aliphatic carbocycles. The van der Waals surface area contributed by atoms with Crippen LogP contribution >= 0.6 is 31.9 Å². The highest BCUT2D eigenvalue weighted by atomic mass is 79.9. The molecule has 96 valence electrons. The summed E-state index contributed by atoms with van der Waals surface area (Å²) in [5.41, 5.74) is 1.97. The molecule has 3 rings (SSSR count). The zero-order valence-electron chi connectivity index (χ0n) is 9.99. The van der Waals surface area contributed by atoms with Crippen molar-refractivity contribution in [2.75, 3.05) is 5.32 Å². The number of para-hydroxylation sites is 1. The Hall–Kier alpha value is -1.26. The van der Waals surface area contributed by atoms with Crippen LogP contribution in [-0.2, 0) is 6.54 Å². The van der Waals surface area contributed by atoms with Crippen molar-refractivity contribution in [3.05, 3.63) is 63.2 Å². The quantitative estimate of drug-likeness (QED) is 0.642. The first kappa shape index (κ1) is 12.8. The third-order valence-corrected chi connectivity index (χ3v) is 4.01.